The van der Waals surface area contributed by atoms with Crippen LogP contribution in [0.1, 0.15) is 45.4 Å². The molecule has 1 rings (SSSR count). The third-order valence-corrected chi connectivity index (χ3v) is 3.58. The van der Waals surface area contributed by atoms with E-state index in [1.54, 1.807) is 0 Å². The molecule has 0 aliphatic carbocycles. The molecule has 1 heterocycles. The van der Waals surface area contributed by atoms with Crippen molar-refractivity contribution in [2.45, 2.75) is 45.4 Å². The average Bonchev–Trinajstić information content (AvgIpc) is 2.38. The van der Waals surface area contributed by atoms with E-state index in [1.165, 1.54) is 19.3 Å². The Balaban J connectivity index is 2.40. The zero-order chi connectivity index (χ0) is 14.1. The van der Waals surface area contributed by atoms with Crippen LogP contribution in [0.3, 0.4) is 0 Å². The minimum Gasteiger partial charge on any atom is -0.370 e. The Bertz CT molecular complexity index is 304. The van der Waals surface area contributed by atoms with Crippen molar-refractivity contribution in [3.8, 4) is 0 Å². The summed E-state index contributed by atoms with van der Waals surface area (Å²) in [6, 6.07) is 0. The summed E-state index contributed by atoms with van der Waals surface area (Å²) in [6.07, 6.45) is 6.33. The van der Waals surface area contributed by atoms with Gasteiger partial charge in [0.1, 0.15) is 0 Å². The molecule has 1 aliphatic heterocycles. The summed E-state index contributed by atoms with van der Waals surface area (Å²) in [5, 5.41) is 3.41. The summed E-state index contributed by atoms with van der Waals surface area (Å²) in [5.74, 6) is 1.14. The maximum atomic E-state index is 11.0. The summed E-state index contributed by atoms with van der Waals surface area (Å²) in [6.45, 7) is 5.07. The van der Waals surface area contributed by atoms with Gasteiger partial charge in [-0.25, -0.2) is 0 Å². The molecule has 0 aromatic heterocycles. The molecule has 0 aromatic rings. The van der Waals surface area contributed by atoms with E-state index in [-0.39, 0.29) is 5.91 Å². The van der Waals surface area contributed by atoms with Gasteiger partial charge in [0, 0.05) is 33.1 Å². The number of carbonyl (C=O) groups excluding carboxylic acids is 1. The van der Waals surface area contributed by atoms with Crippen molar-refractivity contribution in [3.63, 3.8) is 0 Å². The van der Waals surface area contributed by atoms with Gasteiger partial charge in [-0.3, -0.25) is 9.79 Å². The maximum absolute atomic E-state index is 11.0. The monoisotopic (exact) mass is 268 g/mol. The molecule has 110 valence electrons. The van der Waals surface area contributed by atoms with Crippen LogP contribution in [0.15, 0.2) is 4.99 Å². The number of carbonyl (C=O) groups is 1. The Morgan fingerprint density at radius 2 is 2.26 bits per heavy atom. The Labute approximate surface area is 116 Å². The van der Waals surface area contributed by atoms with E-state index in [0.29, 0.717) is 12.3 Å². The van der Waals surface area contributed by atoms with E-state index in [4.69, 9.17) is 5.73 Å². The lowest BCUT2D eigenvalue weighted by molar-refractivity contribution is -0.119. The molecule has 0 saturated carbocycles. The number of rotatable bonds is 6. The summed E-state index contributed by atoms with van der Waals surface area (Å²) in [7, 11) is 1.82. The number of likely N-dealkylation sites (tertiary alicyclic amines) is 1. The van der Waals surface area contributed by atoms with Crippen LogP contribution in [0.2, 0.25) is 0 Å². The minimum absolute atomic E-state index is 0.197. The number of hydrogen-bond donors (Lipinski definition) is 2. The van der Waals surface area contributed by atoms with Crippen molar-refractivity contribution < 1.29 is 4.79 Å². The van der Waals surface area contributed by atoms with Crippen LogP contribution in [0.25, 0.3) is 0 Å². The predicted octanol–water partition coefficient (Wildman–Crippen LogP) is 1.34. The minimum atomic E-state index is -0.197. The normalized spacial score (nSPS) is 20.4. The van der Waals surface area contributed by atoms with E-state index >= 15 is 0 Å². The molecule has 0 bridgehead atoms. The molecule has 0 radical (unpaired) electrons. The second kappa shape index (κ2) is 8.77. The van der Waals surface area contributed by atoms with E-state index in [0.717, 1.165) is 38.4 Å². The number of nitrogens with two attached hydrogens (primary N) is 1. The molecular formula is C14H28N4O. The second-order valence-corrected chi connectivity index (χ2v) is 5.31. The van der Waals surface area contributed by atoms with Gasteiger partial charge in [-0.2, -0.15) is 0 Å². The molecule has 1 fully saturated rings. The molecule has 1 amide bonds. The molecule has 0 aromatic carbocycles. The largest absolute Gasteiger partial charge is 0.370 e. The Morgan fingerprint density at radius 1 is 1.47 bits per heavy atom. The molecule has 3 N–H and O–H groups in total. The van der Waals surface area contributed by atoms with Gasteiger partial charge in [-0.15, -0.1) is 0 Å². The zero-order valence-electron chi connectivity index (χ0n) is 12.3. The summed E-state index contributed by atoms with van der Waals surface area (Å²) >= 11 is 0. The fraction of sp³-hybridized carbons (Fsp3) is 0.857. The van der Waals surface area contributed by atoms with E-state index in [9.17, 15) is 4.79 Å². The van der Waals surface area contributed by atoms with E-state index < -0.39 is 0 Å². The number of nitrogens with one attached hydrogen (secondary N) is 1. The van der Waals surface area contributed by atoms with E-state index in [1.807, 2.05) is 7.05 Å². The number of unbranched alkanes of at least 4 members (excludes halogenated alkanes) is 2. The van der Waals surface area contributed by atoms with E-state index in [2.05, 4.69) is 22.1 Å². The number of nitrogens with zero attached hydrogens (tertiary/aromatic N) is 2. The van der Waals surface area contributed by atoms with Crippen molar-refractivity contribution in [2.24, 2.45) is 16.6 Å². The summed E-state index contributed by atoms with van der Waals surface area (Å²) < 4.78 is 0. The highest BCUT2D eigenvalue weighted by Gasteiger charge is 2.23. The van der Waals surface area contributed by atoms with Crippen LogP contribution in [0.4, 0.5) is 0 Å². The molecular weight excluding hydrogens is 240 g/mol. The molecule has 1 saturated heterocycles. The van der Waals surface area contributed by atoms with Crippen LogP contribution < -0.4 is 11.1 Å². The Kier molecular flexibility index (Phi) is 7.30. The van der Waals surface area contributed by atoms with Crippen LogP contribution in [0, 0.1) is 5.92 Å². The number of aliphatic imine (C=N–C) groups is 1. The first-order valence-electron chi connectivity index (χ1n) is 7.41. The van der Waals surface area contributed by atoms with Crippen LogP contribution >= 0.6 is 0 Å². The topological polar surface area (TPSA) is 70.7 Å². The molecule has 1 atom stereocenters. The van der Waals surface area contributed by atoms with Gasteiger partial charge >= 0.3 is 0 Å². The van der Waals surface area contributed by atoms with Crippen molar-refractivity contribution in [2.75, 3.05) is 26.7 Å². The van der Waals surface area contributed by atoms with Crippen LogP contribution in [-0.4, -0.2) is 43.4 Å². The smallest absolute Gasteiger partial charge is 0.217 e. The quantitative estimate of drug-likeness (QED) is 0.434. The van der Waals surface area contributed by atoms with Gasteiger partial charge in [0.25, 0.3) is 0 Å². The highest BCUT2D eigenvalue weighted by atomic mass is 16.1. The van der Waals surface area contributed by atoms with Gasteiger partial charge in [-0.1, -0.05) is 19.8 Å². The standard InChI is InChI=1S/C14H28N4O/c1-3-4-5-8-17-14(16-2)18-9-6-7-12(11-18)10-13(15)19/h12H,3-11H2,1-2H3,(H2,15,19)(H,16,17). The lowest BCUT2D eigenvalue weighted by Gasteiger charge is -2.34. The number of hydrogen-bond acceptors (Lipinski definition) is 2. The number of guanidine groups is 1. The molecule has 19 heavy (non-hydrogen) atoms. The number of primary amides is 1. The van der Waals surface area contributed by atoms with Gasteiger partial charge in [0.05, 0.1) is 0 Å². The van der Waals surface area contributed by atoms with Gasteiger partial charge in [0.2, 0.25) is 5.91 Å². The molecule has 1 unspecified atom stereocenters. The zero-order valence-corrected chi connectivity index (χ0v) is 12.3. The van der Waals surface area contributed by atoms with Crippen molar-refractivity contribution >= 4 is 11.9 Å². The lowest BCUT2D eigenvalue weighted by Crippen LogP contribution is -2.47. The first-order valence-corrected chi connectivity index (χ1v) is 7.41. The highest BCUT2D eigenvalue weighted by Crippen LogP contribution is 2.19. The fourth-order valence-corrected chi connectivity index (χ4v) is 2.62. The second-order valence-electron chi connectivity index (χ2n) is 5.31. The molecule has 5 heteroatoms. The first-order chi connectivity index (χ1) is 9.17. The van der Waals surface area contributed by atoms with Gasteiger partial charge < -0.3 is 16.0 Å². The lowest BCUT2D eigenvalue weighted by atomic mass is 9.95. The highest BCUT2D eigenvalue weighted by molar-refractivity contribution is 5.80. The van der Waals surface area contributed by atoms with Crippen molar-refractivity contribution in [3.05, 3.63) is 0 Å². The Morgan fingerprint density at radius 3 is 2.89 bits per heavy atom. The molecule has 5 nitrogen and oxygen atoms in total. The Hall–Kier alpha value is -1.26. The third-order valence-electron chi connectivity index (χ3n) is 3.58. The van der Waals surface area contributed by atoms with Crippen LogP contribution in [0.5, 0.6) is 0 Å². The molecule has 1 aliphatic rings. The first kappa shape index (κ1) is 15.8. The van der Waals surface area contributed by atoms with Crippen LogP contribution in [-0.2, 0) is 4.79 Å². The van der Waals surface area contributed by atoms with Crippen molar-refractivity contribution in [1.29, 1.82) is 0 Å². The SMILES string of the molecule is CCCCCNC(=NC)N1CCCC(CC(N)=O)C1. The predicted molar refractivity (Wildman–Crippen MR) is 79.0 cm³/mol. The number of amides is 1. The maximum Gasteiger partial charge on any atom is 0.217 e. The number of piperidine rings is 1. The third kappa shape index (κ3) is 5.94. The fourth-order valence-electron chi connectivity index (χ4n) is 2.62. The summed E-state index contributed by atoms with van der Waals surface area (Å²) in [5.41, 5.74) is 5.29. The summed E-state index contributed by atoms with van der Waals surface area (Å²) in [4.78, 5) is 17.6. The average molecular weight is 268 g/mol. The van der Waals surface area contributed by atoms with Crippen molar-refractivity contribution in [1.82, 2.24) is 10.2 Å². The van der Waals surface area contributed by atoms with Gasteiger partial charge in [0.15, 0.2) is 5.96 Å². The van der Waals surface area contributed by atoms with Gasteiger partial charge in [-0.05, 0) is 25.2 Å². The molecule has 0 spiro atoms.